The van der Waals surface area contributed by atoms with Gasteiger partial charge in [-0.25, -0.2) is 0 Å². The molecular weight excluding hydrogens is 168 g/mol. The van der Waals surface area contributed by atoms with Crippen LogP contribution in [0, 0.1) is 0 Å². The molecule has 14 heavy (non-hydrogen) atoms. The van der Waals surface area contributed by atoms with Gasteiger partial charge in [0.25, 0.3) is 0 Å². The molecular formula is C14H30. The fourth-order valence-electron chi connectivity index (χ4n) is 0.357. The second-order valence-corrected chi connectivity index (χ2v) is 1.46. The van der Waals surface area contributed by atoms with E-state index in [2.05, 4.69) is 19.6 Å². The minimum Gasteiger partial charge on any atom is -0.0991 e. The van der Waals surface area contributed by atoms with Crippen LogP contribution in [-0.2, 0) is 0 Å². The summed E-state index contributed by atoms with van der Waals surface area (Å²) < 4.78 is 0. The van der Waals surface area contributed by atoms with Gasteiger partial charge in [-0.15, -0.1) is 0 Å². The largest absolute Gasteiger partial charge is 0.0991 e. The molecule has 0 saturated carbocycles. The van der Waals surface area contributed by atoms with Gasteiger partial charge in [0, 0.05) is 0 Å². The minimum absolute atomic E-state index is 1.10. The zero-order valence-electron chi connectivity index (χ0n) is 11.3. The molecule has 0 spiro atoms. The van der Waals surface area contributed by atoms with Gasteiger partial charge in [-0.1, -0.05) is 85.4 Å². The normalized spacial score (nSPS) is 7.64. The van der Waals surface area contributed by atoms with Crippen molar-refractivity contribution >= 4 is 0 Å². The Kier molecular flexibility index (Phi) is 93.6. The van der Waals surface area contributed by atoms with Crippen molar-refractivity contribution in [1.82, 2.24) is 0 Å². The van der Waals surface area contributed by atoms with Crippen LogP contribution in [0.4, 0.5) is 0 Å². The highest BCUT2D eigenvalue weighted by atomic mass is 13.7. The summed E-state index contributed by atoms with van der Waals surface area (Å²) in [5.74, 6) is 0. The average Bonchev–Trinajstić information content (AvgIpc) is 2.33. The summed E-state index contributed by atoms with van der Waals surface area (Å²) in [5, 5.41) is 0. The summed E-state index contributed by atoms with van der Waals surface area (Å²) in [6.45, 7) is 17.6. The summed E-state index contributed by atoms with van der Waals surface area (Å²) in [4.78, 5) is 0. The standard InChI is InChI=1S/C8H12.3C2H6/c1-3-5-7-8-6-4-2;3*1-2/h3,5-8H,1,4H2,2H3;3*1-2H3/b7-5-,8-6-;;;. The van der Waals surface area contributed by atoms with E-state index in [9.17, 15) is 0 Å². The molecule has 0 rings (SSSR count). The first-order valence-corrected chi connectivity index (χ1v) is 5.86. The zero-order valence-corrected chi connectivity index (χ0v) is 11.3. The van der Waals surface area contributed by atoms with Crippen molar-refractivity contribution in [3.8, 4) is 0 Å². The maximum atomic E-state index is 3.54. The van der Waals surface area contributed by atoms with Crippen LogP contribution < -0.4 is 0 Å². The predicted molar refractivity (Wildman–Crippen MR) is 72.8 cm³/mol. The molecule has 0 aromatic heterocycles. The van der Waals surface area contributed by atoms with Gasteiger partial charge in [-0.2, -0.15) is 0 Å². The molecule has 0 aliphatic carbocycles. The summed E-state index contributed by atoms with van der Waals surface area (Å²) in [5.41, 5.74) is 0. The number of hydrogen-bond acceptors (Lipinski definition) is 0. The molecule has 0 radical (unpaired) electrons. The quantitative estimate of drug-likeness (QED) is 0.505. The van der Waals surface area contributed by atoms with Crippen LogP contribution in [0.5, 0.6) is 0 Å². The van der Waals surface area contributed by atoms with Crippen molar-refractivity contribution in [3.63, 3.8) is 0 Å². The van der Waals surface area contributed by atoms with Crippen LogP contribution in [0.15, 0.2) is 37.0 Å². The first kappa shape index (κ1) is 23.2. The Hall–Kier alpha value is -0.780. The zero-order chi connectivity index (χ0) is 12.2. The summed E-state index contributed by atoms with van der Waals surface area (Å²) in [7, 11) is 0. The Morgan fingerprint density at radius 2 is 1.21 bits per heavy atom. The maximum Gasteiger partial charge on any atom is -0.0376 e. The van der Waals surface area contributed by atoms with E-state index in [-0.39, 0.29) is 0 Å². The highest BCUT2D eigenvalue weighted by Crippen LogP contribution is 1.80. The minimum atomic E-state index is 1.10. The van der Waals surface area contributed by atoms with E-state index < -0.39 is 0 Å². The third kappa shape index (κ3) is 65.8. The summed E-state index contributed by atoms with van der Waals surface area (Å²) in [6, 6.07) is 0. The molecule has 0 aromatic carbocycles. The lowest BCUT2D eigenvalue weighted by atomic mass is 10.4. The first-order valence-electron chi connectivity index (χ1n) is 5.86. The number of allylic oxidation sites excluding steroid dienone is 5. The van der Waals surface area contributed by atoms with E-state index >= 15 is 0 Å². The molecule has 0 atom stereocenters. The van der Waals surface area contributed by atoms with Crippen molar-refractivity contribution in [1.29, 1.82) is 0 Å². The molecule has 0 heteroatoms. The van der Waals surface area contributed by atoms with E-state index in [0.29, 0.717) is 0 Å². The summed E-state index contributed by atoms with van der Waals surface area (Å²) in [6.07, 6.45) is 10.9. The van der Waals surface area contributed by atoms with Gasteiger partial charge in [0.1, 0.15) is 0 Å². The van der Waals surface area contributed by atoms with Crippen LogP contribution in [0.3, 0.4) is 0 Å². The van der Waals surface area contributed by atoms with Crippen molar-refractivity contribution < 1.29 is 0 Å². The third-order valence-electron chi connectivity index (χ3n) is 0.730. The second-order valence-electron chi connectivity index (χ2n) is 1.46. The monoisotopic (exact) mass is 198 g/mol. The molecule has 0 saturated heterocycles. The fraction of sp³-hybridized carbons (Fsp3) is 0.571. The van der Waals surface area contributed by atoms with Crippen molar-refractivity contribution in [2.75, 3.05) is 0 Å². The molecule has 0 N–H and O–H groups in total. The molecule has 0 amide bonds. The molecule has 0 aromatic rings. The van der Waals surface area contributed by atoms with Gasteiger partial charge < -0.3 is 0 Å². The molecule has 0 fully saturated rings. The highest BCUT2D eigenvalue weighted by Gasteiger charge is 1.59. The predicted octanol–water partition coefficient (Wildman–Crippen LogP) is 5.77. The smallest absolute Gasteiger partial charge is 0.0376 e. The van der Waals surface area contributed by atoms with Crippen LogP contribution in [-0.4, -0.2) is 0 Å². The lowest BCUT2D eigenvalue weighted by molar-refractivity contribution is 1.22. The maximum absolute atomic E-state index is 3.54. The van der Waals surface area contributed by atoms with E-state index in [1.54, 1.807) is 6.08 Å². The van der Waals surface area contributed by atoms with Crippen molar-refractivity contribution in [2.45, 2.75) is 54.9 Å². The SMILES string of the molecule is C=C/C=C\C=C/CC.CC.CC.CC. The number of rotatable bonds is 3. The Bertz CT molecular complexity index is 96.6. The molecule has 86 valence electrons. The lowest BCUT2D eigenvalue weighted by Gasteiger charge is -1.71. The Morgan fingerprint density at radius 3 is 1.50 bits per heavy atom. The Morgan fingerprint density at radius 1 is 0.786 bits per heavy atom. The Balaban J connectivity index is -0.0000000708. The second kappa shape index (κ2) is 56.5. The van der Waals surface area contributed by atoms with Gasteiger partial charge in [0.2, 0.25) is 0 Å². The molecule has 0 unspecified atom stereocenters. The molecule has 0 aliphatic rings. The van der Waals surface area contributed by atoms with E-state index in [4.69, 9.17) is 0 Å². The van der Waals surface area contributed by atoms with Crippen LogP contribution >= 0.6 is 0 Å². The van der Waals surface area contributed by atoms with Crippen molar-refractivity contribution in [3.05, 3.63) is 37.0 Å². The molecule has 0 nitrogen and oxygen atoms in total. The molecule has 0 heterocycles. The topological polar surface area (TPSA) is 0 Å². The van der Waals surface area contributed by atoms with Crippen LogP contribution in [0.2, 0.25) is 0 Å². The van der Waals surface area contributed by atoms with E-state index in [0.717, 1.165) is 6.42 Å². The highest BCUT2D eigenvalue weighted by molar-refractivity contribution is 5.08. The average molecular weight is 198 g/mol. The fourth-order valence-corrected chi connectivity index (χ4v) is 0.357. The lowest BCUT2D eigenvalue weighted by Crippen LogP contribution is -1.49. The first-order chi connectivity index (χ1) is 6.91. The van der Waals surface area contributed by atoms with Gasteiger partial charge in [0.15, 0.2) is 0 Å². The summed E-state index contributed by atoms with van der Waals surface area (Å²) >= 11 is 0. The third-order valence-corrected chi connectivity index (χ3v) is 0.730. The van der Waals surface area contributed by atoms with Gasteiger partial charge in [-0.3, -0.25) is 0 Å². The van der Waals surface area contributed by atoms with E-state index in [1.807, 2.05) is 59.8 Å². The number of hydrogen-bond donors (Lipinski definition) is 0. The van der Waals surface area contributed by atoms with Gasteiger partial charge >= 0.3 is 0 Å². The van der Waals surface area contributed by atoms with Crippen LogP contribution in [0.25, 0.3) is 0 Å². The van der Waals surface area contributed by atoms with Crippen LogP contribution in [0.1, 0.15) is 54.9 Å². The Labute approximate surface area is 92.4 Å². The van der Waals surface area contributed by atoms with Gasteiger partial charge in [-0.05, 0) is 6.42 Å². The molecule has 0 aliphatic heterocycles. The van der Waals surface area contributed by atoms with E-state index in [1.165, 1.54) is 0 Å². The van der Waals surface area contributed by atoms with Gasteiger partial charge in [0.05, 0.1) is 0 Å². The molecule has 0 bridgehead atoms. The van der Waals surface area contributed by atoms with Crippen molar-refractivity contribution in [2.24, 2.45) is 0 Å².